The Morgan fingerprint density at radius 2 is 0.544 bits per heavy atom. The van der Waals surface area contributed by atoms with Crippen LogP contribution in [0.3, 0.4) is 0 Å². The van der Waals surface area contributed by atoms with Gasteiger partial charge in [0.05, 0.1) is 6.42 Å². The monoisotopic (exact) mass is 1090 g/mol. The first-order chi connectivity index (χ1) is 39.0. The minimum Gasteiger partial charge on any atom is -0.462 e. The summed E-state index contributed by atoms with van der Waals surface area (Å²) in [4.78, 5) is 38.3. The lowest BCUT2D eigenvalue weighted by atomic mass is 10.0. The van der Waals surface area contributed by atoms with E-state index in [-0.39, 0.29) is 38.0 Å². The first kappa shape index (κ1) is 74.3. The minimum atomic E-state index is -0.832. The van der Waals surface area contributed by atoms with Gasteiger partial charge in [-0.25, -0.2) is 0 Å². The van der Waals surface area contributed by atoms with Gasteiger partial charge in [0.25, 0.3) is 0 Å². The topological polar surface area (TPSA) is 78.9 Å². The molecule has 0 saturated heterocycles. The van der Waals surface area contributed by atoms with Gasteiger partial charge in [-0.05, 0) is 122 Å². The molecule has 0 bridgehead atoms. The fourth-order valence-electron chi connectivity index (χ4n) is 8.57. The summed E-state index contributed by atoms with van der Waals surface area (Å²) in [7, 11) is 0. The van der Waals surface area contributed by atoms with Gasteiger partial charge in [0, 0.05) is 12.8 Å². The van der Waals surface area contributed by atoms with E-state index in [1.54, 1.807) is 6.08 Å². The van der Waals surface area contributed by atoms with E-state index >= 15 is 0 Å². The summed E-state index contributed by atoms with van der Waals surface area (Å²) in [5.74, 6) is -1.06. The van der Waals surface area contributed by atoms with Gasteiger partial charge in [-0.3, -0.25) is 14.4 Å². The Morgan fingerprint density at radius 3 is 0.886 bits per heavy atom. The lowest BCUT2D eigenvalue weighted by molar-refractivity contribution is -0.166. The van der Waals surface area contributed by atoms with Crippen molar-refractivity contribution >= 4 is 17.9 Å². The molecule has 0 aliphatic carbocycles. The highest BCUT2D eigenvalue weighted by Gasteiger charge is 2.19. The molecule has 0 aromatic heterocycles. The van der Waals surface area contributed by atoms with Gasteiger partial charge in [0.15, 0.2) is 6.10 Å². The van der Waals surface area contributed by atoms with Crippen LogP contribution < -0.4 is 0 Å². The maximum absolute atomic E-state index is 12.9. The van der Waals surface area contributed by atoms with E-state index in [1.807, 2.05) is 6.08 Å². The fraction of sp³-hybridized carbons (Fsp3) is 0.630. The van der Waals surface area contributed by atoms with Crippen molar-refractivity contribution in [2.24, 2.45) is 0 Å². The van der Waals surface area contributed by atoms with E-state index < -0.39 is 12.1 Å². The Kier molecular flexibility index (Phi) is 61.9. The molecule has 0 spiro atoms. The number of carbonyl (C=O) groups is 3. The summed E-state index contributed by atoms with van der Waals surface area (Å²) < 4.78 is 16.8. The number of carbonyl (C=O) groups excluding carboxylic acids is 3. The molecule has 79 heavy (non-hydrogen) atoms. The van der Waals surface area contributed by atoms with Gasteiger partial charge in [-0.1, -0.05) is 282 Å². The molecule has 6 nitrogen and oxygen atoms in total. The second-order valence-corrected chi connectivity index (χ2v) is 20.9. The van der Waals surface area contributed by atoms with Gasteiger partial charge in [0.2, 0.25) is 0 Å². The summed E-state index contributed by atoms with van der Waals surface area (Å²) >= 11 is 0. The lowest BCUT2D eigenvalue weighted by Gasteiger charge is -2.18. The second-order valence-electron chi connectivity index (χ2n) is 20.9. The van der Waals surface area contributed by atoms with Crippen molar-refractivity contribution in [1.82, 2.24) is 0 Å². The number of hydrogen-bond donors (Lipinski definition) is 0. The van der Waals surface area contributed by atoms with Crippen molar-refractivity contribution in [2.45, 2.75) is 284 Å². The van der Waals surface area contributed by atoms with Gasteiger partial charge in [-0.2, -0.15) is 0 Å². The zero-order valence-electron chi connectivity index (χ0n) is 51.1. The highest BCUT2D eigenvalue weighted by molar-refractivity contribution is 5.72. The van der Waals surface area contributed by atoms with Gasteiger partial charge in [-0.15, -0.1) is 0 Å². The molecule has 1 unspecified atom stereocenters. The van der Waals surface area contributed by atoms with E-state index in [1.165, 1.54) is 116 Å². The largest absolute Gasteiger partial charge is 0.462 e. The third kappa shape index (κ3) is 64.0. The number of esters is 3. The summed E-state index contributed by atoms with van der Waals surface area (Å²) in [5, 5.41) is 0. The summed E-state index contributed by atoms with van der Waals surface area (Å²) in [6.07, 6.45) is 94.5. The quantitative estimate of drug-likeness (QED) is 0.0261. The highest BCUT2D eigenvalue weighted by Crippen LogP contribution is 2.16. The number of hydrogen-bond acceptors (Lipinski definition) is 6. The molecular formula is C73H118O6. The third-order valence-corrected chi connectivity index (χ3v) is 13.3. The maximum atomic E-state index is 12.9. The first-order valence-corrected chi connectivity index (χ1v) is 32.3. The predicted octanol–water partition coefficient (Wildman–Crippen LogP) is 22.3. The Balaban J connectivity index is 4.41. The van der Waals surface area contributed by atoms with Crippen LogP contribution in [-0.4, -0.2) is 37.2 Å². The molecule has 0 radical (unpaired) electrons. The number of allylic oxidation sites excluding steroid dienone is 23. The molecular weight excluding hydrogens is 973 g/mol. The highest BCUT2D eigenvalue weighted by atomic mass is 16.6. The molecule has 0 aliphatic heterocycles. The van der Waals surface area contributed by atoms with Crippen molar-refractivity contribution in [3.05, 3.63) is 146 Å². The Bertz CT molecular complexity index is 1730. The third-order valence-electron chi connectivity index (χ3n) is 13.3. The minimum absolute atomic E-state index is 0.118. The standard InChI is InChI=1S/C73H118O6/c1-4-7-10-13-16-19-22-25-28-30-32-33-34-35-36-37-38-39-41-42-45-48-51-54-57-60-63-66-72(75)78-69-70(68-77-71(74)65-62-59-56-53-50-47-44-27-24-21-18-15-12-9-6-3)79-73(76)67-64-61-58-55-52-49-46-43-40-31-29-26-23-20-17-14-11-8-5-2/h7,9-10,12,16-21,25-29,32-33,40,43-44,50,53,59,62,70H,4-6,8,11,13-15,22-24,30-31,34-39,41-42,45-49,51-52,54-58,60-61,63-69H2,1-3H3/b10-7-,12-9-,19-16-,20-17-,21-18-,28-25-,29-26-,33-32-,43-40-,44-27-,53-50-,62-59-. The molecule has 1 atom stereocenters. The molecule has 0 N–H and O–H groups in total. The zero-order valence-corrected chi connectivity index (χ0v) is 51.1. The van der Waals surface area contributed by atoms with E-state index in [0.717, 1.165) is 122 Å². The maximum Gasteiger partial charge on any atom is 0.309 e. The van der Waals surface area contributed by atoms with Crippen molar-refractivity contribution in [2.75, 3.05) is 13.2 Å². The van der Waals surface area contributed by atoms with Crippen LogP contribution in [0.25, 0.3) is 0 Å². The van der Waals surface area contributed by atoms with Crippen LogP contribution in [0.1, 0.15) is 278 Å². The van der Waals surface area contributed by atoms with Crippen LogP contribution in [0.15, 0.2) is 146 Å². The van der Waals surface area contributed by atoms with Crippen LogP contribution in [0.5, 0.6) is 0 Å². The van der Waals surface area contributed by atoms with Crippen LogP contribution in [0.2, 0.25) is 0 Å². The Hall–Kier alpha value is -4.71. The molecule has 0 aromatic rings. The molecule has 0 saturated carbocycles. The number of unbranched alkanes of at least 4 members (excludes halogenated alkanes) is 23. The zero-order chi connectivity index (χ0) is 57.1. The van der Waals surface area contributed by atoms with Crippen molar-refractivity contribution < 1.29 is 28.6 Å². The van der Waals surface area contributed by atoms with Gasteiger partial charge < -0.3 is 14.2 Å². The van der Waals surface area contributed by atoms with Gasteiger partial charge >= 0.3 is 17.9 Å². The van der Waals surface area contributed by atoms with Gasteiger partial charge in [0.1, 0.15) is 13.2 Å². The molecule has 0 heterocycles. The molecule has 446 valence electrons. The van der Waals surface area contributed by atoms with Crippen LogP contribution >= 0.6 is 0 Å². The number of ether oxygens (including phenoxy) is 3. The van der Waals surface area contributed by atoms with E-state index in [0.29, 0.717) is 6.42 Å². The normalized spacial score (nSPS) is 13.1. The Morgan fingerprint density at radius 1 is 0.278 bits per heavy atom. The smallest absolute Gasteiger partial charge is 0.309 e. The van der Waals surface area contributed by atoms with E-state index in [2.05, 4.69) is 154 Å². The molecule has 0 fully saturated rings. The summed E-state index contributed by atoms with van der Waals surface area (Å²) in [6.45, 7) is 6.29. The van der Waals surface area contributed by atoms with E-state index in [4.69, 9.17) is 14.2 Å². The summed E-state index contributed by atoms with van der Waals surface area (Å²) in [5.41, 5.74) is 0. The van der Waals surface area contributed by atoms with Crippen molar-refractivity contribution in [3.63, 3.8) is 0 Å². The SMILES string of the molecule is CC/C=C\C/C=C\C/C=C\C/C=C\C/C=C\CC(=O)OCC(COC(=O)CCCCCCCCCCCCCCCC/C=C\C/C=C\C/C=C\C/C=C\CC)OC(=O)CCCCCCCC/C=C\C/C=C\C/C=C\CCCCC. The average molecular weight is 1090 g/mol. The Labute approximate surface area is 487 Å². The summed E-state index contributed by atoms with van der Waals surface area (Å²) in [6, 6.07) is 0. The van der Waals surface area contributed by atoms with Crippen molar-refractivity contribution in [3.8, 4) is 0 Å². The molecule has 0 amide bonds. The average Bonchev–Trinajstić information content (AvgIpc) is 3.45. The fourth-order valence-corrected chi connectivity index (χ4v) is 8.57. The number of rotatable bonds is 57. The molecule has 6 heteroatoms. The van der Waals surface area contributed by atoms with E-state index in [9.17, 15) is 14.4 Å². The second kappa shape index (κ2) is 65.8. The van der Waals surface area contributed by atoms with Crippen LogP contribution in [0, 0.1) is 0 Å². The van der Waals surface area contributed by atoms with Crippen LogP contribution in [-0.2, 0) is 28.6 Å². The predicted molar refractivity (Wildman–Crippen MR) is 343 cm³/mol. The van der Waals surface area contributed by atoms with Crippen LogP contribution in [0.4, 0.5) is 0 Å². The molecule has 0 rings (SSSR count). The first-order valence-electron chi connectivity index (χ1n) is 32.3. The lowest BCUT2D eigenvalue weighted by Crippen LogP contribution is -2.30. The molecule has 0 aromatic carbocycles. The van der Waals surface area contributed by atoms with Crippen molar-refractivity contribution in [1.29, 1.82) is 0 Å². The molecule has 0 aliphatic rings.